The van der Waals surface area contributed by atoms with Crippen molar-refractivity contribution >= 4 is 11.9 Å². The molecular weight excluding hydrogens is 236 g/mol. The van der Waals surface area contributed by atoms with E-state index < -0.39 is 12.1 Å². The van der Waals surface area contributed by atoms with Crippen LogP contribution in [0.3, 0.4) is 0 Å². The van der Waals surface area contributed by atoms with Crippen molar-refractivity contribution in [3.05, 3.63) is 0 Å². The van der Waals surface area contributed by atoms with Gasteiger partial charge in [-0.1, -0.05) is 26.7 Å². The second kappa shape index (κ2) is 11.0. The third kappa shape index (κ3) is 8.98. The highest BCUT2D eigenvalue weighted by molar-refractivity contribution is 5.76. The smallest absolute Gasteiger partial charge is 0.334 e. The molecule has 0 saturated carbocycles. The lowest BCUT2D eigenvalue weighted by Crippen LogP contribution is -2.24. The molecular formula is C13H24O5. The van der Waals surface area contributed by atoms with Crippen molar-refractivity contribution in [1.29, 1.82) is 0 Å². The molecule has 106 valence electrons. The molecule has 0 aromatic rings. The molecule has 0 heterocycles. The number of carbonyl (C=O) groups is 2. The van der Waals surface area contributed by atoms with E-state index in [1.54, 1.807) is 0 Å². The van der Waals surface area contributed by atoms with Gasteiger partial charge in [0, 0.05) is 6.42 Å². The average molecular weight is 260 g/mol. The quantitative estimate of drug-likeness (QED) is 0.479. The van der Waals surface area contributed by atoms with E-state index in [-0.39, 0.29) is 18.8 Å². The summed E-state index contributed by atoms with van der Waals surface area (Å²) in [5.74, 6) is -1.05. The van der Waals surface area contributed by atoms with E-state index in [0.717, 1.165) is 25.7 Å². The number of carbonyl (C=O) groups excluding carboxylic acids is 2. The topological polar surface area (TPSA) is 72.8 Å². The van der Waals surface area contributed by atoms with Crippen LogP contribution in [0.15, 0.2) is 0 Å². The summed E-state index contributed by atoms with van der Waals surface area (Å²) in [4.78, 5) is 22.5. The highest BCUT2D eigenvalue weighted by Crippen LogP contribution is 2.03. The number of hydrogen-bond acceptors (Lipinski definition) is 5. The summed E-state index contributed by atoms with van der Waals surface area (Å²) in [6, 6.07) is 0. The molecule has 0 saturated heterocycles. The summed E-state index contributed by atoms with van der Waals surface area (Å²) in [7, 11) is 0. The molecule has 0 aliphatic heterocycles. The fourth-order valence-corrected chi connectivity index (χ4v) is 1.19. The van der Waals surface area contributed by atoms with E-state index in [1.165, 1.54) is 0 Å². The van der Waals surface area contributed by atoms with E-state index in [0.29, 0.717) is 13.2 Å². The Morgan fingerprint density at radius 3 is 2.17 bits per heavy atom. The van der Waals surface area contributed by atoms with Crippen LogP contribution in [0.5, 0.6) is 0 Å². The predicted molar refractivity (Wildman–Crippen MR) is 67.0 cm³/mol. The lowest BCUT2D eigenvalue weighted by Gasteiger charge is -2.10. The molecule has 0 amide bonds. The van der Waals surface area contributed by atoms with Crippen LogP contribution in [0.1, 0.15) is 52.4 Å². The number of esters is 2. The molecule has 0 rings (SSSR count). The van der Waals surface area contributed by atoms with Crippen molar-refractivity contribution in [3.63, 3.8) is 0 Å². The van der Waals surface area contributed by atoms with Crippen molar-refractivity contribution in [2.75, 3.05) is 13.2 Å². The molecule has 0 fully saturated rings. The zero-order chi connectivity index (χ0) is 13.8. The van der Waals surface area contributed by atoms with Gasteiger partial charge in [-0.25, -0.2) is 4.79 Å². The van der Waals surface area contributed by atoms with Gasteiger partial charge in [0.2, 0.25) is 0 Å². The third-order valence-corrected chi connectivity index (χ3v) is 2.40. The number of rotatable bonds is 10. The first-order valence-electron chi connectivity index (χ1n) is 6.62. The first-order valence-corrected chi connectivity index (χ1v) is 6.62. The maximum absolute atomic E-state index is 11.3. The predicted octanol–water partition coefficient (Wildman–Crippen LogP) is 1.81. The number of aliphatic hydroxyl groups is 1. The molecule has 1 N–H and O–H groups in total. The van der Waals surface area contributed by atoms with Crippen LogP contribution in [-0.4, -0.2) is 36.4 Å². The van der Waals surface area contributed by atoms with Crippen LogP contribution in [0, 0.1) is 0 Å². The molecule has 18 heavy (non-hydrogen) atoms. The Bertz CT molecular complexity index is 240. The molecule has 1 atom stereocenters. The molecule has 5 heteroatoms. The second-order valence-electron chi connectivity index (χ2n) is 4.15. The molecule has 1 unspecified atom stereocenters. The Morgan fingerprint density at radius 1 is 1.06 bits per heavy atom. The van der Waals surface area contributed by atoms with Crippen LogP contribution in [0.2, 0.25) is 0 Å². The van der Waals surface area contributed by atoms with Crippen LogP contribution < -0.4 is 0 Å². The molecule has 0 aromatic heterocycles. The number of ether oxygens (including phenoxy) is 2. The fraction of sp³-hybridized carbons (Fsp3) is 0.846. The Morgan fingerprint density at radius 2 is 1.61 bits per heavy atom. The van der Waals surface area contributed by atoms with Crippen molar-refractivity contribution in [3.8, 4) is 0 Å². The number of unbranched alkanes of at least 4 members (excludes halogenated alkanes) is 2. The van der Waals surface area contributed by atoms with Crippen molar-refractivity contribution < 1.29 is 24.2 Å². The minimum atomic E-state index is -1.24. The summed E-state index contributed by atoms with van der Waals surface area (Å²) in [6.45, 7) is 4.69. The molecule has 0 aliphatic rings. The van der Waals surface area contributed by atoms with E-state index in [9.17, 15) is 14.7 Å². The van der Waals surface area contributed by atoms with E-state index >= 15 is 0 Å². The van der Waals surface area contributed by atoms with Gasteiger partial charge < -0.3 is 14.6 Å². The van der Waals surface area contributed by atoms with Gasteiger partial charge in [-0.3, -0.25) is 4.79 Å². The van der Waals surface area contributed by atoms with E-state index in [1.807, 2.05) is 13.8 Å². The van der Waals surface area contributed by atoms with Crippen molar-refractivity contribution in [2.45, 2.75) is 58.5 Å². The van der Waals surface area contributed by atoms with Crippen LogP contribution in [0.4, 0.5) is 0 Å². The molecule has 0 spiro atoms. The van der Waals surface area contributed by atoms with Crippen LogP contribution in [0.25, 0.3) is 0 Å². The molecule has 5 nitrogen and oxygen atoms in total. The van der Waals surface area contributed by atoms with Gasteiger partial charge in [-0.2, -0.15) is 0 Å². The molecule has 0 aliphatic carbocycles. The second-order valence-corrected chi connectivity index (χ2v) is 4.15. The summed E-state index contributed by atoms with van der Waals surface area (Å²) < 4.78 is 9.74. The minimum absolute atomic E-state index is 0.0355. The van der Waals surface area contributed by atoms with Gasteiger partial charge in [-0.05, 0) is 19.3 Å². The Labute approximate surface area is 108 Å². The van der Waals surface area contributed by atoms with Gasteiger partial charge in [0.1, 0.15) is 0 Å². The van der Waals surface area contributed by atoms with Crippen molar-refractivity contribution in [2.24, 2.45) is 0 Å². The fourth-order valence-electron chi connectivity index (χ4n) is 1.19. The van der Waals surface area contributed by atoms with Crippen LogP contribution in [-0.2, 0) is 19.1 Å². The summed E-state index contributed by atoms with van der Waals surface area (Å²) in [6.07, 6.45) is 2.34. The lowest BCUT2D eigenvalue weighted by atomic mass is 10.2. The van der Waals surface area contributed by atoms with Crippen molar-refractivity contribution in [1.82, 2.24) is 0 Å². The standard InChI is InChI=1S/C13H24O5/c1-3-5-9-17-12(15)8-7-11(14)13(16)18-10-6-4-2/h11,14H,3-10H2,1-2H3. The highest BCUT2D eigenvalue weighted by atomic mass is 16.5. The molecule has 0 bridgehead atoms. The Kier molecular flexibility index (Phi) is 10.3. The van der Waals surface area contributed by atoms with Gasteiger partial charge in [0.05, 0.1) is 13.2 Å². The monoisotopic (exact) mass is 260 g/mol. The summed E-state index contributed by atoms with van der Waals surface area (Å²) in [5.41, 5.74) is 0. The SMILES string of the molecule is CCCCOC(=O)CCC(O)C(=O)OCCCC. The summed E-state index contributed by atoms with van der Waals surface area (Å²) in [5, 5.41) is 9.46. The minimum Gasteiger partial charge on any atom is -0.466 e. The molecule has 0 radical (unpaired) electrons. The number of aliphatic hydroxyl groups excluding tert-OH is 1. The van der Waals surface area contributed by atoms with Gasteiger partial charge in [-0.15, -0.1) is 0 Å². The zero-order valence-corrected chi connectivity index (χ0v) is 11.3. The first-order chi connectivity index (χ1) is 8.61. The van der Waals surface area contributed by atoms with E-state index in [4.69, 9.17) is 9.47 Å². The maximum atomic E-state index is 11.3. The maximum Gasteiger partial charge on any atom is 0.334 e. The molecule has 0 aromatic carbocycles. The normalized spacial score (nSPS) is 11.9. The largest absolute Gasteiger partial charge is 0.466 e. The van der Waals surface area contributed by atoms with E-state index in [2.05, 4.69) is 0 Å². The number of hydrogen-bond donors (Lipinski definition) is 1. The van der Waals surface area contributed by atoms with Crippen LogP contribution >= 0.6 is 0 Å². The first kappa shape index (κ1) is 16.9. The zero-order valence-electron chi connectivity index (χ0n) is 11.3. The highest BCUT2D eigenvalue weighted by Gasteiger charge is 2.18. The Hall–Kier alpha value is -1.10. The Balaban J connectivity index is 3.64. The third-order valence-electron chi connectivity index (χ3n) is 2.40. The average Bonchev–Trinajstić information content (AvgIpc) is 2.36. The summed E-state index contributed by atoms with van der Waals surface area (Å²) >= 11 is 0. The van der Waals surface area contributed by atoms with Gasteiger partial charge in [0.25, 0.3) is 0 Å². The van der Waals surface area contributed by atoms with Gasteiger partial charge >= 0.3 is 11.9 Å². The lowest BCUT2D eigenvalue weighted by molar-refractivity contribution is -0.155. The van der Waals surface area contributed by atoms with Gasteiger partial charge in [0.15, 0.2) is 6.10 Å².